The lowest BCUT2D eigenvalue weighted by atomic mass is 10.0. The molecular weight excluding hydrogens is 367 g/mol. The van der Waals surface area contributed by atoms with Gasteiger partial charge in [-0.15, -0.1) is 5.10 Å². The molecule has 1 amide bonds. The van der Waals surface area contributed by atoms with Gasteiger partial charge in [0.2, 0.25) is 11.7 Å². The van der Waals surface area contributed by atoms with Crippen LogP contribution < -0.4 is 5.69 Å². The van der Waals surface area contributed by atoms with Gasteiger partial charge in [0.05, 0.1) is 18.2 Å². The second-order valence-electron chi connectivity index (χ2n) is 6.70. The van der Waals surface area contributed by atoms with Crippen molar-refractivity contribution in [3.8, 4) is 0 Å². The number of aryl methyl sites for hydroxylation is 2. The summed E-state index contributed by atoms with van der Waals surface area (Å²) < 4.78 is 45.2. The predicted octanol–water partition coefficient (Wildman–Crippen LogP) is 1.61. The molecule has 0 atom stereocenters. The molecule has 0 saturated carbocycles. The summed E-state index contributed by atoms with van der Waals surface area (Å²) in [6, 6.07) is -0.470. The Bertz CT molecular complexity index is 884. The third kappa shape index (κ3) is 3.62. The van der Waals surface area contributed by atoms with Crippen molar-refractivity contribution in [3.63, 3.8) is 0 Å². The number of hydrogen-bond donors (Lipinski definition) is 0. The Morgan fingerprint density at radius 3 is 2.37 bits per heavy atom. The van der Waals surface area contributed by atoms with Crippen LogP contribution in [0.1, 0.15) is 41.7 Å². The van der Waals surface area contributed by atoms with E-state index in [1.165, 1.54) is 0 Å². The van der Waals surface area contributed by atoms with Crippen LogP contribution in [0.5, 0.6) is 0 Å². The number of alkyl halides is 3. The number of piperidine rings is 1. The van der Waals surface area contributed by atoms with Crippen LogP contribution in [0.2, 0.25) is 0 Å². The minimum Gasteiger partial charge on any atom is -0.361 e. The van der Waals surface area contributed by atoms with Crippen molar-refractivity contribution < 1.29 is 22.5 Å². The molecule has 0 aliphatic carbocycles. The zero-order valence-corrected chi connectivity index (χ0v) is 15.2. The Kier molecular flexibility index (Phi) is 4.87. The van der Waals surface area contributed by atoms with Gasteiger partial charge >= 0.3 is 11.9 Å². The fourth-order valence-corrected chi connectivity index (χ4v) is 3.32. The van der Waals surface area contributed by atoms with Gasteiger partial charge in [0.1, 0.15) is 5.76 Å². The number of amides is 1. The lowest BCUT2D eigenvalue weighted by Gasteiger charge is -2.31. The monoisotopic (exact) mass is 387 g/mol. The molecule has 0 bridgehead atoms. The molecular formula is C16H20F3N5O3. The molecule has 1 fully saturated rings. The molecule has 3 rings (SSSR count). The van der Waals surface area contributed by atoms with E-state index >= 15 is 0 Å². The summed E-state index contributed by atoms with van der Waals surface area (Å²) in [6.45, 7) is 4.19. The normalized spacial score (nSPS) is 16.1. The molecule has 2 aromatic rings. The Labute approximate surface area is 152 Å². The number of halogens is 3. The van der Waals surface area contributed by atoms with Crippen molar-refractivity contribution in [2.45, 2.75) is 45.3 Å². The standard InChI is InChI=1S/C16H20F3N5O3/c1-9-12(10(2)27-21-9)8-13(25)23-6-4-11(5-7-23)24-15(26)22(3)14(20-24)16(17,18)19/h11H,4-8H2,1-3H3. The number of carbonyl (C=O) groups excluding carboxylic acids is 1. The summed E-state index contributed by atoms with van der Waals surface area (Å²) in [5.74, 6) is -0.730. The van der Waals surface area contributed by atoms with Gasteiger partial charge in [0.25, 0.3) is 0 Å². The molecule has 2 aromatic heterocycles. The van der Waals surface area contributed by atoms with E-state index in [0.29, 0.717) is 42.0 Å². The molecule has 148 valence electrons. The molecule has 0 spiro atoms. The van der Waals surface area contributed by atoms with E-state index in [2.05, 4.69) is 10.3 Å². The van der Waals surface area contributed by atoms with E-state index < -0.39 is 23.7 Å². The Morgan fingerprint density at radius 1 is 1.26 bits per heavy atom. The van der Waals surface area contributed by atoms with Crippen molar-refractivity contribution in [2.75, 3.05) is 13.1 Å². The Morgan fingerprint density at radius 2 is 1.89 bits per heavy atom. The van der Waals surface area contributed by atoms with Crippen LogP contribution in [0, 0.1) is 13.8 Å². The second kappa shape index (κ2) is 6.86. The van der Waals surface area contributed by atoms with Crippen molar-refractivity contribution >= 4 is 5.91 Å². The number of nitrogens with zero attached hydrogens (tertiary/aromatic N) is 5. The first-order valence-corrected chi connectivity index (χ1v) is 8.52. The number of carbonyl (C=O) groups is 1. The smallest absolute Gasteiger partial charge is 0.361 e. The molecule has 8 nitrogen and oxygen atoms in total. The van der Waals surface area contributed by atoms with Crippen molar-refractivity contribution in [3.05, 3.63) is 33.3 Å². The minimum absolute atomic E-state index is 0.104. The summed E-state index contributed by atoms with van der Waals surface area (Å²) in [4.78, 5) is 26.2. The van der Waals surface area contributed by atoms with Crippen LogP contribution >= 0.6 is 0 Å². The van der Waals surface area contributed by atoms with E-state index in [-0.39, 0.29) is 12.3 Å². The first-order chi connectivity index (χ1) is 12.6. The molecule has 1 aliphatic rings. The first-order valence-electron chi connectivity index (χ1n) is 8.52. The van der Waals surface area contributed by atoms with Crippen LogP contribution in [-0.2, 0) is 24.4 Å². The molecule has 0 aromatic carbocycles. The van der Waals surface area contributed by atoms with Crippen LogP contribution in [-0.4, -0.2) is 43.4 Å². The van der Waals surface area contributed by atoms with Gasteiger partial charge in [-0.05, 0) is 26.7 Å². The molecule has 0 radical (unpaired) electrons. The van der Waals surface area contributed by atoms with E-state index in [9.17, 15) is 22.8 Å². The predicted molar refractivity (Wildman–Crippen MR) is 87.0 cm³/mol. The van der Waals surface area contributed by atoms with Gasteiger partial charge in [-0.1, -0.05) is 5.16 Å². The maximum Gasteiger partial charge on any atom is 0.451 e. The fraction of sp³-hybridized carbons (Fsp3) is 0.625. The topological polar surface area (TPSA) is 86.2 Å². The van der Waals surface area contributed by atoms with Gasteiger partial charge < -0.3 is 9.42 Å². The first kappa shape index (κ1) is 19.2. The average Bonchev–Trinajstić information content (AvgIpc) is 3.09. The summed E-state index contributed by atoms with van der Waals surface area (Å²) in [5.41, 5.74) is 0.608. The van der Waals surface area contributed by atoms with Gasteiger partial charge in [0.15, 0.2) is 0 Å². The van der Waals surface area contributed by atoms with E-state index in [1.54, 1.807) is 18.7 Å². The van der Waals surface area contributed by atoms with Crippen LogP contribution in [0.4, 0.5) is 13.2 Å². The van der Waals surface area contributed by atoms with Crippen molar-refractivity contribution in [2.24, 2.45) is 7.05 Å². The van der Waals surface area contributed by atoms with Crippen LogP contribution in [0.15, 0.2) is 9.32 Å². The quantitative estimate of drug-likeness (QED) is 0.799. The van der Waals surface area contributed by atoms with Gasteiger partial charge in [-0.2, -0.15) is 13.2 Å². The number of rotatable bonds is 3. The van der Waals surface area contributed by atoms with Crippen molar-refractivity contribution in [1.82, 2.24) is 24.4 Å². The van der Waals surface area contributed by atoms with Gasteiger partial charge in [-0.25, -0.2) is 9.48 Å². The zero-order valence-electron chi connectivity index (χ0n) is 15.2. The fourth-order valence-electron chi connectivity index (χ4n) is 3.32. The minimum atomic E-state index is -4.69. The lowest BCUT2D eigenvalue weighted by molar-refractivity contribution is -0.147. The van der Waals surface area contributed by atoms with E-state index in [4.69, 9.17) is 4.52 Å². The SMILES string of the molecule is Cc1noc(C)c1CC(=O)N1CCC(n2nc(C(F)(F)F)n(C)c2=O)CC1. The Balaban J connectivity index is 1.67. The summed E-state index contributed by atoms with van der Waals surface area (Å²) in [7, 11) is 1.05. The van der Waals surface area contributed by atoms with Gasteiger partial charge in [-0.3, -0.25) is 9.36 Å². The van der Waals surface area contributed by atoms with E-state index in [1.807, 2.05) is 0 Å². The molecule has 3 heterocycles. The molecule has 27 heavy (non-hydrogen) atoms. The third-order valence-corrected chi connectivity index (χ3v) is 4.93. The molecule has 0 unspecified atom stereocenters. The number of hydrogen-bond acceptors (Lipinski definition) is 5. The highest BCUT2D eigenvalue weighted by atomic mass is 19.4. The van der Waals surface area contributed by atoms with Gasteiger partial charge in [0, 0.05) is 25.7 Å². The van der Waals surface area contributed by atoms with Crippen LogP contribution in [0.25, 0.3) is 0 Å². The highest BCUT2D eigenvalue weighted by Gasteiger charge is 2.39. The maximum atomic E-state index is 12.9. The average molecular weight is 387 g/mol. The molecule has 0 N–H and O–H groups in total. The highest BCUT2D eigenvalue weighted by Crippen LogP contribution is 2.28. The molecule has 11 heteroatoms. The van der Waals surface area contributed by atoms with Crippen molar-refractivity contribution in [1.29, 1.82) is 0 Å². The third-order valence-electron chi connectivity index (χ3n) is 4.93. The second-order valence-corrected chi connectivity index (χ2v) is 6.70. The highest BCUT2D eigenvalue weighted by molar-refractivity contribution is 5.79. The lowest BCUT2D eigenvalue weighted by Crippen LogP contribution is -2.41. The number of aromatic nitrogens is 4. The molecule has 1 saturated heterocycles. The summed E-state index contributed by atoms with van der Waals surface area (Å²) in [6.07, 6.45) is -3.80. The van der Waals surface area contributed by atoms with Crippen LogP contribution in [0.3, 0.4) is 0 Å². The largest absolute Gasteiger partial charge is 0.451 e. The summed E-state index contributed by atoms with van der Waals surface area (Å²) >= 11 is 0. The number of likely N-dealkylation sites (tertiary alicyclic amines) is 1. The summed E-state index contributed by atoms with van der Waals surface area (Å²) in [5, 5.41) is 7.30. The molecule has 1 aliphatic heterocycles. The zero-order chi connectivity index (χ0) is 19.9. The maximum absolute atomic E-state index is 12.9. The Hall–Kier alpha value is -2.59. The van der Waals surface area contributed by atoms with E-state index in [0.717, 1.165) is 17.3 Å².